The molecule has 1 N–H and O–H groups in total. The van der Waals surface area contributed by atoms with Gasteiger partial charge in [-0.05, 0) is 48.2 Å². The van der Waals surface area contributed by atoms with Gasteiger partial charge >= 0.3 is 0 Å². The first-order valence-electron chi connectivity index (χ1n) is 10.8. The zero-order chi connectivity index (χ0) is 22.5. The van der Waals surface area contributed by atoms with E-state index in [2.05, 4.69) is 24.4 Å². The number of hydrogen-bond donors (Lipinski definition) is 1. The highest BCUT2D eigenvalue weighted by molar-refractivity contribution is 8.04. The molecule has 1 aliphatic rings. The van der Waals surface area contributed by atoms with Crippen LogP contribution in [0, 0.1) is 0 Å². The van der Waals surface area contributed by atoms with E-state index in [4.69, 9.17) is 0 Å². The molecule has 3 aromatic rings. The standard InChI is InChI=1S/C27H26N2O2S/c1-3-20-13-15-21(16-14-20)17-25-27(31)29(23-11-7-8-12-24(23)32-25)18-26(30)28-19(2)22-9-5-4-6-10-22/h4-17,19H,3,18H2,1-2H3,(H,28,30). The topological polar surface area (TPSA) is 49.4 Å². The van der Waals surface area contributed by atoms with E-state index < -0.39 is 0 Å². The Hall–Kier alpha value is -3.31. The molecule has 1 aliphatic heterocycles. The molecule has 32 heavy (non-hydrogen) atoms. The fourth-order valence-electron chi connectivity index (χ4n) is 3.68. The van der Waals surface area contributed by atoms with E-state index in [0.717, 1.165) is 28.1 Å². The lowest BCUT2D eigenvalue weighted by Crippen LogP contribution is -2.43. The van der Waals surface area contributed by atoms with Gasteiger partial charge in [-0.1, -0.05) is 85.4 Å². The van der Waals surface area contributed by atoms with Crippen LogP contribution in [0.1, 0.15) is 36.6 Å². The number of nitrogens with zero attached hydrogens (tertiary/aromatic N) is 1. The van der Waals surface area contributed by atoms with Crippen molar-refractivity contribution in [2.45, 2.75) is 31.2 Å². The number of amides is 2. The van der Waals surface area contributed by atoms with Crippen LogP contribution in [0.4, 0.5) is 5.69 Å². The number of fused-ring (bicyclic) bond motifs is 1. The number of benzene rings is 3. The predicted molar refractivity (Wildman–Crippen MR) is 131 cm³/mol. The van der Waals surface area contributed by atoms with Crippen LogP contribution >= 0.6 is 11.8 Å². The maximum atomic E-state index is 13.4. The Labute approximate surface area is 193 Å². The van der Waals surface area contributed by atoms with Gasteiger partial charge in [0.1, 0.15) is 6.54 Å². The second kappa shape index (κ2) is 9.88. The Bertz CT molecular complexity index is 1140. The molecule has 0 radical (unpaired) electrons. The molecule has 4 rings (SSSR count). The summed E-state index contributed by atoms with van der Waals surface area (Å²) >= 11 is 1.45. The molecule has 3 aromatic carbocycles. The summed E-state index contributed by atoms with van der Waals surface area (Å²) in [6.07, 6.45) is 2.88. The SMILES string of the molecule is CCc1ccc(C=C2Sc3ccccc3N(CC(=O)NC(C)c3ccccc3)C2=O)cc1. The third-order valence-electron chi connectivity index (χ3n) is 5.50. The third-order valence-corrected chi connectivity index (χ3v) is 6.57. The van der Waals surface area contributed by atoms with Crippen molar-refractivity contribution in [3.05, 3.63) is 100 Å². The van der Waals surface area contributed by atoms with Crippen LogP contribution in [0.5, 0.6) is 0 Å². The Balaban J connectivity index is 1.56. The van der Waals surface area contributed by atoms with E-state index in [1.165, 1.54) is 17.3 Å². The average Bonchev–Trinajstić information content (AvgIpc) is 2.82. The van der Waals surface area contributed by atoms with Gasteiger partial charge in [0.2, 0.25) is 5.91 Å². The Kier molecular flexibility index (Phi) is 6.76. The number of carbonyl (C=O) groups is 2. The molecule has 4 nitrogen and oxygen atoms in total. The van der Waals surface area contributed by atoms with E-state index in [0.29, 0.717) is 4.91 Å². The molecule has 2 amide bonds. The summed E-state index contributed by atoms with van der Waals surface area (Å²) in [6.45, 7) is 4.03. The summed E-state index contributed by atoms with van der Waals surface area (Å²) in [5.41, 5.74) is 4.02. The lowest BCUT2D eigenvalue weighted by molar-refractivity contribution is -0.122. The quantitative estimate of drug-likeness (QED) is 0.505. The van der Waals surface area contributed by atoms with Crippen molar-refractivity contribution >= 4 is 35.3 Å². The van der Waals surface area contributed by atoms with Crippen molar-refractivity contribution in [2.75, 3.05) is 11.4 Å². The van der Waals surface area contributed by atoms with Gasteiger partial charge in [0, 0.05) is 4.90 Å². The van der Waals surface area contributed by atoms with Crippen LogP contribution in [0.25, 0.3) is 6.08 Å². The van der Waals surface area contributed by atoms with Crippen molar-refractivity contribution in [3.8, 4) is 0 Å². The highest BCUT2D eigenvalue weighted by atomic mass is 32.2. The van der Waals surface area contributed by atoms with Gasteiger partial charge in [-0.15, -0.1) is 0 Å². The Morgan fingerprint density at radius 3 is 2.41 bits per heavy atom. The Morgan fingerprint density at radius 2 is 1.69 bits per heavy atom. The van der Waals surface area contributed by atoms with Gasteiger partial charge in [-0.3, -0.25) is 14.5 Å². The third kappa shape index (κ3) is 4.94. The number of nitrogens with one attached hydrogen (secondary N) is 1. The van der Waals surface area contributed by atoms with Crippen LogP contribution in [0.3, 0.4) is 0 Å². The highest BCUT2D eigenvalue weighted by Crippen LogP contribution is 2.41. The van der Waals surface area contributed by atoms with Gasteiger partial charge in [0.15, 0.2) is 0 Å². The number of para-hydroxylation sites is 1. The van der Waals surface area contributed by atoms with Crippen LogP contribution in [0.15, 0.2) is 88.7 Å². The molecule has 162 valence electrons. The van der Waals surface area contributed by atoms with E-state index in [-0.39, 0.29) is 24.4 Å². The van der Waals surface area contributed by atoms with E-state index in [1.54, 1.807) is 4.90 Å². The predicted octanol–water partition coefficient (Wildman–Crippen LogP) is 5.61. The molecule has 0 spiro atoms. The van der Waals surface area contributed by atoms with Gasteiger partial charge in [0.25, 0.3) is 5.91 Å². The van der Waals surface area contributed by atoms with Gasteiger partial charge in [-0.25, -0.2) is 0 Å². The zero-order valence-electron chi connectivity index (χ0n) is 18.2. The molecular weight excluding hydrogens is 416 g/mol. The minimum absolute atomic E-state index is 0.0281. The number of hydrogen-bond acceptors (Lipinski definition) is 3. The normalized spacial score (nSPS) is 15.4. The molecule has 0 saturated heterocycles. The van der Waals surface area contributed by atoms with E-state index in [9.17, 15) is 9.59 Å². The number of anilines is 1. The largest absolute Gasteiger partial charge is 0.348 e. The number of rotatable bonds is 6. The first-order valence-corrected chi connectivity index (χ1v) is 11.6. The molecule has 1 atom stereocenters. The molecule has 0 bridgehead atoms. The van der Waals surface area contributed by atoms with Crippen molar-refractivity contribution in [1.82, 2.24) is 5.32 Å². The van der Waals surface area contributed by atoms with Crippen molar-refractivity contribution in [2.24, 2.45) is 0 Å². The van der Waals surface area contributed by atoms with E-state index >= 15 is 0 Å². The summed E-state index contributed by atoms with van der Waals surface area (Å²) in [5, 5.41) is 3.01. The average molecular weight is 443 g/mol. The monoisotopic (exact) mass is 442 g/mol. The van der Waals surface area contributed by atoms with Crippen LogP contribution in [0.2, 0.25) is 0 Å². The lowest BCUT2D eigenvalue weighted by atomic mass is 10.1. The Morgan fingerprint density at radius 1 is 1.00 bits per heavy atom. The smallest absolute Gasteiger partial charge is 0.265 e. The second-order valence-electron chi connectivity index (χ2n) is 7.76. The first-order chi connectivity index (χ1) is 15.5. The number of carbonyl (C=O) groups excluding carboxylic acids is 2. The van der Waals surface area contributed by atoms with Crippen LogP contribution in [-0.2, 0) is 16.0 Å². The summed E-state index contributed by atoms with van der Waals surface area (Å²) in [5.74, 6) is -0.348. The molecule has 0 aliphatic carbocycles. The van der Waals surface area contributed by atoms with Gasteiger partial charge in [-0.2, -0.15) is 0 Å². The maximum absolute atomic E-state index is 13.4. The van der Waals surface area contributed by atoms with Gasteiger partial charge < -0.3 is 5.32 Å². The molecule has 1 heterocycles. The minimum Gasteiger partial charge on any atom is -0.348 e. The fourth-order valence-corrected chi connectivity index (χ4v) is 4.73. The zero-order valence-corrected chi connectivity index (χ0v) is 19.1. The summed E-state index contributed by atoms with van der Waals surface area (Å²) in [6, 6.07) is 25.6. The van der Waals surface area contributed by atoms with Crippen molar-refractivity contribution in [1.29, 1.82) is 0 Å². The summed E-state index contributed by atoms with van der Waals surface area (Å²) in [7, 11) is 0. The number of aryl methyl sites for hydroxylation is 1. The molecular formula is C27H26N2O2S. The molecule has 5 heteroatoms. The summed E-state index contributed by atoms with van der Waals surface area (Å²) in [4.78, 5) is 29.4. The minimum atomic E-state index is -0.192. The van der Waals surface area contributed by atoms with Crippen LogP contribution < -0.4 is 10.2 Å². The van der Waals surface area contributed by atoms with Crippen LogP contribution in [-0.4, -0.2) is 18.4 Å². The first kappa shape index (κ1) is 21.9. The summed E-state index contributed by atoms with van der Waals surface area (Å²) < 4.78 is 0. The van der Waals surface area contributed by atoms with Crippen molar-refractivity contribution < 1.29 is 9.59 Å². The molecule has 0 aromatic heterocycles. The number of thioether (sulfide) groups is 1. The lowest BCUT2D eigenvalue weighted by Gasteiger charge is -2.30. The van der Waals surface area contributed by atoms with Crippen molar-refractivity contribution in [3.63, 3.8) is 0 Å². The van der Waals surface area contributed by atoms with Gasteiger partial charge in [0.05, 0.1) is 16.6 Å². The molecule has 0 fully saturated rings. The highest BCUT2D eigenvalue weighted by Gasteiger charge is 2.30. The fraction of sp³-hybridized carbons (Fsp3) is 0.185. The molecule has 0 saturated carbocycles. The molecule has 1 unspecified atom stereocenters. The second-order valence-corrected chi connectivity index (χ2v) is 8.85. The van der Waals surface area contributed by atoms with E-state index in [1.807, 2.05) is 79.7 Å². The maximum Gasteiger partial charge on any atom is 0.265 e.